The smallest absolute Gasteiger partial charge is 0.243 e. The molecule has 2 aromatic rings. The molecular weight excluding hydrogens is 380 g/mol. The third-order valence-electron chi connectivity index (χ3n) is 4.34. The summed E-state index contributed by atoms with van der Waals surface area (Å²) in [5.74, 6) is 1.24. The number of hydrogen-bond acceptors (Lipinski definition) is 6. The number of benzene rings is 1. The highest BCUT2D eigenvalue weighted by molar-refractivity contribution is 7.89. The third kappa shape index (κ3) is 5.62. The number of sulfonamides is 1. The fraction of sp³-hybridized carbons (Fsp3) is 0.526. The second kappa shape index (κ2) is 9.29. The normalized spacial score (nSPS) is 12.1. The zero-order valence-electron chi connectivity index (χ0n) is 17.0. The molecule has 9 heteroatoms. The molecule has 0 unspecified atom stereocenters. The van der Waals surface area contributed by atoms with Crippen molar-refractivity contribution < 1.29 is 17.7 Å². The van der Waals surface area contributed by atoms with E-state index in [-0.39, 0.29) is 22.8 Å². The Morgan fingerprint density at radius 3 is 2.36 bits per heavy atom. The van der Waals surface area contributed by atoms with Gasteiger partial charge in [-0.3, -0.25) is 4.79 Å². The van der Waals surface area contributed by atoms with Gasteiger partial charge in [0.2, 0.25) is 21.8 Å². The average Bonchev–Trinajstić information content (AvgIpc) is 3.10. The largest absolute Gasteiger partial charge is 0.339 e. The zero-order chi connectivity index (χ0) is 20.9. The van der Waals surface area contributed by atoms with Gasteiger partial charge in [0.1, 0.15) is 0 Å². The van der Waals surface area contributed by atoms with Gasteiger partial charge in [-0.05, 0) is 44.5 Å². The van der Waals surface area contributed by atoms with Crippen LogP contribution in [-0.2, 0) is 21.2 Å². The molecule has 154 valence electrons. The van der Waals surface area contributed by atoms with Gasteiger partial charge in [0, 0.05) is 37.5 Å². The first-order valence-electron chi connectivity index (χ1n) is 9.31. The van der Waals surface area contributed by atoms with Crippen molar-refractivity contribution >= 4 is 21.6 Å². The van der Waals surface area contributed by atoms with E-state index in [0.717, 1.165) is 0 Å². The zero-order valence-corrected chi connectivity index (χ0v) is 17.8. The Morgan fingerprint density at radius 2 is 1.82 bits per heavy atom. The minimum atomic E-state index is -3.54. The van der Waals surface area contributed by atoms with Crippen molar-refractivity contribution in [3.8, 4) is 0 Å². The van der Waals surface area contributed by atoms with Gasteiger partial charge in [0.05, 0.1) is 4.90 Å². The third-order valence-corrected chi connectivity index (χ3v) is 6.38. The van der Waals surface area contributed by atoms with Crippen LogP contribution >= 0.6 is 0 Å². The monoisotopic (exact) mass is 408 g/mol. The number of nitrogens with zero attached hydrogens (tertiary/aromatic N) is 3. The van der Waals surface area contributed by atoms with Crippen molar-refractivity contribution in [2.45, 2.75) is 63.8 Å². The van der Waals surface area contributed by atoms with Crippen molar-refractivity contribution in [2.75, 3.05) is 12.4 Å². The Balaban J connectivity index is 1.87. The maximum atomic E-state index is 12.4. The highest BCUT2D eigenvalue weighted by Gasteiger charge is 2.22. The molecule has 28 heavy (non-hydrogen) atoms. The molecule has 0 aliphatic heterocycles. The molecule has 1 amide bonds. The number of aromatic nitrogens is 2. The second-order valence-corrected chi connectivity index (χ2v) is 9.24. The summed E-state index contributed by atoms with van der Waals surface area (Å²) in [7, 11) is -1.99. The average molecular weight is 409 g/mol. The molecule has 1 aromatic heterocycles. The molecule has 0 atom stereocenters. The molecule has 0 saturated carbocycles. The first kappa shape index (κ1) is 22.0. The Bertz CT molecular complexity index is 889. The second-order valence-electron chi connectivity index (χ2n) is 7.24. The van der Waals surface area contributed by atoms with E-state index in [9.17, 15) is 13.2 Å². The number of carbonyl (C=O) groups is 1. The maximum Gasteiger partial charge on any atom is 0.243 e. The Morgan fingerprint density at radius 1 is 1.18 bits per heavy atom. The van der Waals surface area contributed by atoms with Crippen LogP contribution < -0.4 is 5.32 Å². The summed E-state index contributed by atoms with van der Waals surface area (Å²) in [5.41, 5.74) is 0.552. The minimum absolute atomic E-state index is 0.139. The van der Waals surface area contributed by atoms with Gasteiger partial charge < -0.3 is 9.84 Å². The van der Waals surface area contributed by atoms with Crippen LogP contribution in [0.25, 0.3) is 0 Å². The quantitative estimate of drug-likeness (QED) is 0.683. The lowest BCUT2D eigenvalue weighted by atomic mass is 10.2. The maximum absolute atomic E-state index is 12.4. The van der Waals surface area contributed by atoms with Crippen LogP contribution in [-0.4, -0.2) is 41.9 Å². The van der Waals surface area contributed by atoms with Crippen LogP contribution in [0.1, 0.15) is 58.2 Å². The van der Waals surface area contributed by atoms with E-state index in [2.05, 4.69) is 15.5 Å². The first-order chi connectivity index (χ1) is 13.1. The van der Waals surface area contributed by atoms with Gasteiger partial charge in [0.25, 0.3) is 0 Å². The molecule has 0 fully saturated rings. The van der Waals surface area contributed by atoms with Crippen LogP contribution in [0.4, 0.5) is 5.69 Å². The summed E-state index contributed by atoms with van der Waals surface area (Å²) in [6, 6.07) is 6.03. The minimum Gasteiger partial charge on any atom is -0.339 e. The van der Waals surface area contributed by atoms with Gasteiger partial charge in [0.15, 0.2) is 5.82 Å². The van der Waals surface area contributed by atoms with Gasteiger partial charge in [-0.1, -0.05) is 19.0 Å². The number of rotatable bonds is 9. The van der Waals surface area contributed by atoms with Crippen molar-refractivity contribution in [1.29, 1.82) is 0 Å². The van der Waals surface area contributed by atoms with E-state index >= 15 is 0 Å². The molecule has 0 spiro atoms. The standard InChI is InChI=1S/C19H28N4O4S/c1-13(2)19-21-18(27-22-19)8-6-7-17(24)20-15-9-11-16(12-10-15)28(25,26)23(5)14(3)4/h9-14H,6-8H2,1-5H3,(H,20,24). The number of hydrogen-bond donors (Lipinski definition) is 1. The van der Waals surface area contributed by atoms with Crippen molar-refractivity contribution in [2.24, 2.45) is 0 Å². The number of carbonyl (C=O) groups excluding carboxylic acids is 1. The van der Waals surface area contributed by atoms with Crippen molar-refractivity contribution in [3.63, 3.8) is 0 Å². The fourth-order valence-corrected chi connectivity index (χ4v) is 3.75. The topological polar surface area (TPSA) is 105 Å². The summed E-state index contributed by atoms with van der Waals surface area (Å²) in [4.78, 5) is 16.6. The van der Waals surface area contributed by atoms with Gasteiger partial charge in [-0.15, -0.1) is 0 Å². The van der Waals surface area contributed by atoms with Gasteiger partial charge >= 0.3 is 0 Å². The summed E-state index contributed by atoms with van der Waals surface area (Å²) < 4.78 is 31.4. The van der Waals surface area contributed by atoms with E-state index < -0.39 is 10.0 Å². The van der Waals surface area contributed by atoms with Crippen LogP contribution in [0, 0.1) is 0 Å². The molecule has 0 aliphatic carbocycles. The van der Waals surface area contributed by atoms with Crippen LogP contribution in [0.2, 0.25) is 0 Å². The lowest BCUT2D eigenvalue weighted by Gasteiger charge is -2.21. The number of anilines is 1. The van der Waals surface area contributed by atoms with E-state index in [4.69, 9.17) is 4.52 Å². The molecule has 1 heterocycles. The van der Waals surface area contributed by atoms with E-state index in [1.165, 1.54) is 16.4 Å². The predicted octanol–water partition coefficient (Wildman–Crippen LogP) is 3.18. The highest BCUT2D eigenvalue weighted by atomic mass is 32.2. The fourth-order valence-electron chi connectivity index (χ4n) is 2.38. The number of nitrogens with one attached hydrogen (secondary N) is 1. The Hall–Kier alpha value is -2.26. The van der Waals surface area contributed by atoms with Crippen LogP contribution in [0.3, 0.4) is 0 Å². The molecule has 1 N–H and O–H groups in total. The highest BCUT2D eigenvalue weighted by Crippen LogP contribution is 2.19. The molecule has 1 aromatic carbocycles. The van der Waals surface area contributed by atoms with E-state index in [1.807, 2.05) is 27.7 Å². The van der Waals surface area contributed by atoms with Gasteiger partial charge in [-0.2, -0.15) is 9.29 Å². The van der Waals surface area contributed by atoms with Crippen molar-refractivity contribution in [1.82, 2.24) is 14.4 Å². The molecule has 0 radical (unpaired) electrons. The van der Waals surface area contributed by atoms with Gasteiger partial charge in [-0.25, -0.2) is 8.42 Å². The van der Waals surface area contributed by atoms with E-state index in [0.29, 0.717) is 36.7 Å². The SMILES string of the molecule is CC(C)c1noc(CCCC(=O)Nc2ccc(S(=O)(=O)N(C)C(C)C)cc2)n1. The first-order valence-corrected chi connectivity index (χ1v) is 10.8. The Labute approximate surface area is 166 Å². The predicted molar refractivity (Wildman–Crippen MR) is 106 cm³/mol. The number of aryl methyl sites for hydroxylation is 1. The summed E-state index contributed by atoms with van der Waals surface area (Å²) in [6.07, 6.45) is 1.42. The number of amides is 1. The molecule has 0 saturated heterocycles. The Kier molecular flexibility index (Phi) is 7.31. The van der Waals surface area contributed by atoms with Crippen LogP contribution in [0.5, 0.6) is 0 Å². The van der Waals surface area contributed by atoms with Crippen molar-refractivity contribution in [3.05, 3.63) is 36.0 Å². The molecule has 2 rings (SSSR count). The molecule has 0 aliphatic rings. The molecule has 8 nitrogen and oxygen atoms in total. The summed E-state index contributed by atoms with van der Waals surface area (Å²) in [6.45, 7) is 7.59. The lowest BCUT2D eigenvalue weighted by Crippen LogP contribution is -2.33. The van der Waals surface area contributed by atoms with E-state index in [1.54, 1.807) is 19.2 Å². The lowest BCUT2D eigenvalue weighted by molar-refractivity contribution is -0.116. The molecular formula is C19H28N4O4S. The molecule has 0 bridgehead atoms. The van der Waals surface area contributed by atoms with Crippen LogP contribution in [0.15, 0.2) is 33.7 Å². The summed E-state index contributed by atoms with van der Waals surface area (Å²) in [5, 5.41) is 6.66. The summed E-state index contributed by atoms with van der Waals surface area (Å²) >= 11 is 0.